The summed E-state index contributed by atoms with van der Waals surface area (Å²) in [4.78, 5) is 72.1. The minimum Gasteiger partial charge on any atom is -0.368 e. The Morgan fingerprint density at radius 3 is 1.68 bits per heavy atom. The van der Waals surface area contributed by atoms with Crippen molar-refractivity contribution in [1.29, 1.82) is 0 Å². The molecule has 8 aliphatic rings. The molecule has 18 nitrogen and oxygen atoms in total. The van der Waals surface area contributed by atoms with Gasteiger partial charge in [0.2, 0.25) is 17.7 Å². The molecule has 66 heavy (non-hydrogen) atoms. The SMILES string of the molecule is CN1CCN(c2ccc(Nc3ncc4c(n3)N3C(=NCC35CCCCC5)C(=O)C4)nc2)CC1.CN1CCN(c2ccc(Nc3ncc4c(n3)N3C(NCC35CCCCC5)C(=O)C4)nc2)CC1. The second kappa shape index (κ2) is 17.8. The minimum absolute atomic E-state index is 0.0121. The van der Waals surface area contributed by atoms with Gasteiger partial charge in [-0.1, -0.05) is 38.5 Å². The van der Waals surface area contributed by atoms with Gasteiger partial charge in [-0.2, -0.15) is 9.97 Å². The lowest BCUT2D eigenvalue weighted by molar-refractivity contribution is -0.120. The first-order valence-corrected chi connectivity index (χ1v) is 24.2. The Morgan fingerprint density at radius 2 is 1.14 bits per heavy atom. The lowest BCUT2D eigenvalue weighted by atomic mass is 9.80. The molecule has 5 fully saturated rings. The highest BCUT2D eigenvalue weighted by Crippen LogP contribution is 2.45. The van der Waals surface area contributed by atoms with Crippen LogP contribution < -0.4 is 35.6 Å². The smallest absolute Gasteiger partial charge is 0.230 e. The summed E-state index contributed by atoms with van der Waals surface area (Å²) in [5.41, 5.74) is 3.97. The Balaban J connectivity index is 0.000000146. The van der Waals surface area contributed by atoms with Crippen molar-refractivity contribution in [3.8, 4) is 0 Å². The van der Waals surface area contributed by atoms with Gasteiger partial charge in [0, 0.05) is 95.3 Å². The number of likely N-dealkylation sites (N-methyl/N-ethyl adjacent to an activating group) is 2. The molecule has 12 rings (SSSR count). The largest absolute Gasteiger partial charge is 0.368 e. The summed E-state index contributed by atoms with van der Waals surface area (Å²) < 4.78 is 0. The number of rotatable bonds is 6. The van der Waals surface area contributed by atoms with Gasteiger partial charge in [0.25, 0.3) is 0 Å². The molecule has 0 aromatic carbocycles. The number of nitrogens with zero attached hydrogens (tertiary/aromatic N) is 13. The maximum absolute atomic E-state index is 12.8. The average molecular weight is 895 g/mol. The number of pyridine rings is 2. The molecule has 0 amide bonds. The third-order valence-electron chi connectivity index (χ3n) is 15.3. The summed E-state index contributed by atoms with van der Waals surface area (Å²) in [6.07, 6.45) is 19.4. The molecular formula is C48H62N16O2. The van der Waals surface area contributed by atoms with Gasteiger partial charge < -0.3 is 35.1 Å². The summed E-state index contributed by atoms with van der Waals surface area (Å²) in [5, 5.41) is 10.0. The molecule has 6 aliphatic heterocycles. The van der Waals surface area contributed by atoms with Crippen molar-refractivity contribution in [2.45, 2.75) is 94.3 Å². The summed E-state index contributed by atoms with van der Waals surface area (Å²) in [6, 6.07) is 8.17. The topological polar surface area (TPSA) is 179 Å². The van der Waals surface area contributed by atoms with E-state index in [0.29, 0.717) is 42.9 Å². The van der Waals surface area contributed by atoms with Gasteiger partial charge in [-0.05, 0) is 64.0 Å². The number of aliphatic imine (C=N–C) groups is 1. The first kappa shape index (κ1) is 42.8. The van der Waals surface area contributed by atoms with E-state index in [1.807, 2.05) is 30.7 Å². The van der Waals surface area contributed by atoms with E-state index < -0.39 is 0 Å². The molecule has 4 aromatic heterocycles. The fourth-order valence-corrected chi connectivity index (χ4v) is 11.4. The van der Waals surface area contributed by atoms with E-state index in [1.54, 1.807) is 6.20 Å². The minimum atomic E-state index is -0.264. The molecule has 346 valence electrons. The monoisotopic (exact) mass is 895 g/mol. The normalized spacial score (nSPS) is 23.4. The number of nitrogens with one attached hydrogen (secondary N) is 3. The number of aromatic nitrogens is 6. The van der Waals surface area contributed by atoms with E-state index in [4.69, 9.17) is 9.97 Å². The summed E-state index contributed by atoms with van der Waals surface area (Å²) >= 11 is 0. The molecule has 3 N–H and O–H groups in total. The fourth-order valence-electron chi connectivity index (χ4n) is 11.4. The highest BCUT2D eigenvalue weighted by Gasteiger charge is 2.52. The number of Topliss-reactive ketones (excluding diaryl/α,β-unsaturated/α-hetero) is 2. The third-order valence-corrected chi connectivity index (χ3v) is 15.3. The van der Waals surface area contributed by atoms with Crippen LogP contribution in [0.1, 0.15) is 75.3 Å². The van der Waals surface area contributed by atoms with Crippen molar-refractivity contribution in [3.05, 3.63) is 60.2 Å². The van der Waals surface area contributed by atoms with E-state index in [0.717, 1.165) is 125 Å². The molecule has 3 saturated heterocycles. The molecule has 1 unspecified atom stereocenters. The maximum atomic E-state index is 12.8. The standard InChI is InChI=1S/C24H32N8O.C24H30N8O/c2*1-30-9-11-31(12-10-30)18-5-6-20(25-15-18)28-23-26-14-17-13-19(33)22-27-16-24(7-3-2-4-8-24)32(22)21(17)29-23/h5-6,14-15,22,27H,2-4,7-13,16H2,1H3,(H,25,26,28,29);5-6,14-15H,2-4,7-13,16H2,1H3,(H,25,26,28,29). The van der Waals surface area contributed by atoms with Gasteiger partial charge in [0.05, 0.1) is 41.4 Å². The molecule has 1 atom stereocenters. The van der Waals surface area contributed by atoms with Crippen LogP contribution in [0.15, 0.2) is 54.0 Å². The van der Waals surface area contributed by atoms with Crippen LogP contribution in [0.5, 0.6) is 0 Å². The van der Waals surface area contributed by atoms with Crippen LogP contribution in [0.4, 0.5) is 46.5 Å². The van der Waals surface area contributed by atoms with Crippen molar-refractivity contribution in [2.24, 2.45) is 4.99 Å². The van der Waals surface area contributed by atoms with Crippen molar-refractivity contribution < 1.29 is 9.59 Å². The zero-order valence-electron chi connectivity index (χ0n) is 38.4. The lowest BCUT2D eigenvalue weighted by Crippen LogP contribution is -2.55. The van der Waals surface area contributed by atoms with Gasteiger partial charge >= 0.3 is 0 Å². The van der Waals surface area contributed by atoms with Crippen LogP contribution >= 0.6 is 0 Å². The molecule has 4 aromatic rings. The second-order valence-electron chi connectivity index (χ2n) is 19.7. The van der Waals surface area contributed by atoms with Gasteiger partial charge in [-0.25, -0.2) is 19.9 Å². The average Bonchev–Trinajstić information content (AvgIpc) is 3.90. The van der Waals surface area contributed by atoms with Crippen molar-refractivity contribution >= 4 is 63.9 Å². The molecule has 2 aliphatic carbocycles. The highest BCUT2D eigenvalue weighted by molar-refractivity contribution is 6.46. The fraction of sp³-hybridized carbons (Fsp3) is 0.562. The molecule has 2 spiro atoms. The van der Waals surface area contributed by atoms with Crippen molar-refractivity contribution in [1.82, 2.24) is 45.0 Å². The Labute approximate surface area is 386 Å². The van der Waals surface area contributed by atoms with E-state index in [-0.39, 0.29) is 28.8 Å². The number of ketones is 2. The number of hydrogen-bond donors (Lipinski definition) is 3. The Morgan fingerprint density at radius 1 is 0.606 bits per heavy atom. The van der Waals surface area contributed by atoms with E-state index in [1.165, 1.54) is 38.5 Å². The summed E-state index contributed by atoms with van der Waals surface area (Å²) in [5.74, 6) is 5.08. The Bertz CT molecular complexity index is 2440. The molecule has 2 saturated carbocycles. The van der Waals surface area contributed by atoms with Crippen LogP contribution in [0, 0.1) is 0 Å². The Kier molecular flexibility index (Phi) is 11.5. The Hall–Kier alpha value is -5.85. The van der Waals surface area contributed by atoms with Crippen LogP contribution in [0.25, 0.3) is 0 Å². The summed E-state index contributed by atoms with van der Waals surface area (Å²) in [6.45, 7) is 9.87. The quantitative estimate of drug-likeness (QED) is 0.249. The molecule has 10 heterocycles. The molecule has 0 radical (unpaired) electrons. The molecule has 0 bridgehead atoms. The molecule has 18 heteroatoms. The number of carbonyl (C=O) groups excluding carboxylic acids is 2. The maximum Gasteiger partial charge on any atom is 0.230 e. The molecular weight excluding hydrogens is 833 g/mol. The van der Waals surface area contributed by atoms with Gasteiger partial charge in [0.15, 0.2) is 11.6 Å². The van der Waals surface area contributed by atoms with Gasteiger partial charge in [0.1, 0.15) is 29.4 Å². The van der Waals surface area contributed by atoms with E-state index >= 15 is 0 Å². The van der Waals surface area contributed by atoms with Crippen molar-refractivity contribution in [3.63, 3.8) is 0 Å². The number of hydrogen-bond acceptors (Lipinski definition) is 18. The summed E-state index contributed by atoms with van der Waals surface area (Å²) in [7, 11) is 4.32. The first-order valence-electron chi connectivity index (χ1n) is 24.2. The second-order valence-corrected chi connectivity index (χ2v) is 19.7. The van der Waals surface area contributed by atoms with E-state index in [2.05, 4.69) is 96.5 Å². The highest BCUT2D eigenvalue weighted by atomic mass is 16.1. The van der Waals surface area contributed by atoms with Crippen molar-refractivity contribution in [2.75, 3.05) is 110 Å². The first-order chi connectivity index (χ1) is 32.2. The van der Waals surface area contributed by atoms with E-state index in [9.17, 15) is 9.59 Å². The van der Waals surface area contributed by atoms with Gasteiger partial charge in [-0.3, -0.25) is 24.8 Å². The predicted octanol–water partition coefficient (Wildman–Crippen LogP) is 4.34. The third kappa shape index (κ3) is 8.20. The number of anilines is 8. The van der Waals surface area contributed by atoms with Crippen LogP contribution in [-0.2, 0) is 22.4 Å². The van der Waals surface area contributed by atoms with Gasteiger partial charge in [-0.15, -0.1) is 0 Å². The number of fused-ring (bicyclic) bond motifs is 8. The number of amidine groups is 1. The number of carbonyl (C=O) groups is 2. The van der Waals surface area contributed by atoms with Crippen LogP contribution in [-0.4, -0.2) is 154 Å². The van der Waals surface area contributed by atoms with Crippen LogP contribution in [0.3, 0.4) is 0 Å². The predicted molar refractivity (Wildman–Crippen MR) is 257 cm³/mol. The number of piperazine rings is 2. The zero-order valence-corrected chi connectivity index (χ0v) is 38.4. The zero-order chi connectivity index (χ0) is 44.8. The lowest BCUT2D eigenvalue weighted by Gasteiger charge is -2.45. The van der Waals surface area contributed by atoms with Crippen LogP contribution in [0.2, 0.25) is 0 Å².